The number of benzene rings is 1. The number of hydrogen-bond donors (Lipinski definition) is 1. The molecule has 0 aliphatic carbocycles. The van der Waals surface area contributed by atoms with Crippen LogP contribution < -0.4 is 10.1 Å². The first-order valence-corrected chi connectivity index (χ1v) is 6.30. The summed E-state index contributed by atoms with van der Waals surface area (Å²) in [5.41, 5.74) is 0.670. The van der Waals surface area contributed by atoms with Crippen molar-refractivity contribution >= 4 is 11.6 Å². The van der Waals surface area contributed by atoms with Crippen molar-refractivity contribution in [3.05, 3.63) is 42.5 Å². The highest BCUT2D eigenvalue weighted by Crippen LogP contribution is 2.12. The molecule has 1 amide bonds. The molecule has 1 N–H and O–H groups in total. The lowest BCUT2D eigenvalue weighted by Gasteiger charge is -2.06. The van der Waals surface area contributed by atoms with E-state index in [1.807, 2.05) is 0 Å². The third kappa shape index (κ3) is 4.38. The van der Waals surface area contributed by atoms with Crippen LogP contribution in [0.25, 0.3) is 0 Å². The molecule has 0 fully saturated rings. The highest BCUT2D eigenvalue weighted by atomic mass is 19.1. The molecule has 0 saturated heterocycles. The summed E-state index contributed by atoms with van der Waals surface area (Å²) in [6.45, 7) is 0.365. The molecule has 0 bridgehead atoms. The lowest BCUT2D eigenvalue weighted by molar-refractivity contribution is -0.116. The molecule has 20 heavy (non-hydrogen) atoms. The lowest BCUT2D eigenvalue weighted by atomic mass is 10.3. The van der Waals surface area contributed by atoms with Crippen LogP contribution in [-0.2, 0) is 11.8 Å². The van der Waals surface area contributed by atoms with Crippen molar-refractivity contribution < 1.29 is 13.9 Å². The van der Waals surface area contributed by atoms with Crippen molar-refractivity contribution in [1.29, 1.82) is 0 Å². The smallest absolute Gasteiger partial charge is 0.224 e. The first-order valence-electron chi connectivity index (χ1n) is 6.30. The van der Waals surface area contributed by atoms with E-state index in [-0.39, 0.29) is 11.7 Å². The molecule has 1 aromatic carbocycles. The van der Waals surface area contributed by atoms with Crippen LogP contribution in [-0.4, -0.2) is 22.3 Å². The zero-order valence-electron chi connectivity index (χ0n) is 11.2. The molecule has 2 rings (SSSR count). The number of nitrogens with one attached hydrogen (secondary N) is 1. The lowest BCUT2D eigenvalue weighted by Crippen LogP contribution is -2.12. The molecule has 0 unspecified atom stereocenters. The highest BCUT2D eigenvalue weighted by Gasteiger charge is 2.04. The van der Waals surface area contributed by atoms with Gasteiger partial charge in [-0.3, -0.25) is 9.48 Å². The van der Waals surface area contributed by atoms with E-state index in [0.29, 0.717) is 30.9 Å². The van der Waals surface area contributed by atoms with Gasteiger partial charge in [-0.05, 0) is 18.6 Å². The summed E-state index contributed by atoms with van der Waals surface area (Å²) in [4.78, 5) is 11.6. The van der Waals surface area contributed by atoms with Gasteiger partial charge in [-0.15, -0.1) is 0 Å². The molecule has 0 aliphatic rings. The minimum absolute atomic E-state index is 0.0964. The van der Waals surface area contributed by atoms with Crippen molar-refractivity contribution in [3.63, 3.8) is 0 Å². The number of carbonyl (C=O) groups excluding carboxylic acids is 1. The largest absolute Gasteiger partial charge is 0.493 e. The Balaban J connectivity index is 1.67. The number of rotatable bonds is 6. The quantitative estimate of drug-likeness (QED) is 0.825. The Bertz CT molecular complexity index is 583. The van der Waals surface area contributed by atoms with E-state index in [2.05, 4.69) is 10.4 Å². The van der Waals surface area contributed by atoms with Gasteiger partial charge in [0, 0.05) is 25.7 Å². The average molecular weight is 277 g/mol. The predicted molar refractivity (Wildman–Crippen MR) is 73.0 cm³/mol. The maximum absolute atomic E-state index is 12.9. The molecule has 6 heteroatoms. The topological polar surface area (TPSA) is 56.2 Å². The van der Waals surface area contributed by atoms with Gasteiger partial charge in [0.1, 0.15) is 11.6 Å². The number of anilines is 1. The second kappa shape index (κ2) is 6.70. The molecular formula is C14H16FN3O2. The number of ether oxygens (including phenoxy) is 1. The Kier molecular flexibility index (Phi) is 4.70. The molecule has 0 radical (unpaired) electrons. The Hall–Kier alpha value is -2.37. The van der Waals surface area contributed by atoms with Crippen LogP contribution in [0.1, 0.15) is 12.8 Å². The second-order valence-corrected chi connectivity index (χ2v) is 4.36. The summed E-state index contributed by atoms with van der Waals surface area (Å²) in [5.74, 6) is 0.0373. The van der Waals surface area contributed by atoms with Gasteiger partial charge in [0.2, 0.25) is 5.91 Å². The fourth-order valence-electron chi connectivity index (χ4n) is 1.69. The van der Waals surface area contributed by atoms with Crippen molar-refractivity contribution in [2.75, 3.05) is 11.9 Å². The predicted octanol–water partition coefficient (Wildman–Crippen LogP) is 2.36. The van der Waals surface area contributed by atoms with Gasteiger partial charge in [0.15, 0.2) is 0 Å². The second-order valence-electron chi connectivity index (χ2n) is 4.36. The Morgan fingerprint density at radius 3 is 3.05 bits per heavy atom. The van der Waals surface area contributed by atoms with Gasteiger partial charge in [0.05, 0.1) is 18.5 Å². The van der Waals surface area contributed by atoms with E-state index in [4.69, 9.17) is 4.74 Å². The first kappa shape index (κ1) is 14.0. The van der Waals surface area contributed by atoms with Gasteiger partial charge in [-0.1, -0.05) is 6.07 Å². The minimum atomic E-state index is -0.336. The molecular weight excluding hydrogens is 261 g/mol. The molecule has 2 aromatic rings. The van der Waals surface area contributed by atoms with Gasteiger partial charge in [0.25, 0.3) is 0 Å². The molecule has 1 heterocycles. The maximum Gasteiger partial charge on any atom is 0.224 e. The summed E-state index contributed by atoms with van der Waals surface area (Å²) in [6.07, 6.45) is 4.20. The zero-order valence-corrected chi connectivity index (χ0v) is 11.2. The number of aryl methyl sites for hydroxylation is 1. The maximum atomic E-state index is 12.9. The number of hydrogen-bond acceptors (Lipinski definition) is 3. The molecule has 0 spiro atoms. The Morgan fingerprint density at radius 2 is 2.35 bits per heavy atom. The minimum Gasteiger partial charge on any atom is -0.493 e. The average Bonchev–Trinajstić information content (AvgIpc) is 2.80. The van der Waals surface area contributed by atoms with Crippen LogP contribution in [0.5, 0.6) is 5.75 Å². The van der Waals surface area contributed by atoms with Crippen molar-refractivity contribution in [1.82, 2.24) is 9.78 Å². The summed E-state index contributed by atoms with van der Waals surface area (Å²) in [6, 6.07) is 5.93. The van der Waals surface area contributed by atoms with E-state index in [1.165, 1.54) is 12.1 Å². The molecule has 0 saturated carbocycles. The third-order valence-electron chi connectivity index (χ3n) is 2.60. The third-order valence-corrected chi connectivity index (χ3v) is 2.60. The summed E-state index contributed by atoms with van der Waals surface area (Å²) in [7, 11) is 1.78. The molecule has 0 aliphatic heterocycles. The van der Waals surface area contributed by atoms with Crippen LogP contribution in [0.15, 0.2) is 36.7 Å². The van der Waals surface area contributed by atoms with Gasteiger partial charge in [-0.2, -0.15) is 5.10 Å². The van der Waals surface area contributed by atoms with Gasteiger partial charge < -0.3 is 10.1 Å². The normalized spacial score (nSPS) is 10.3. The van der Waals surface area contributed by atoms with E-state index in [0.717, 1.165) is 0 Å². The summed E-state index contributed by atoms with van der Waals surface area (Å²) < 4.78 is 19.9. The van der Waals surface area contributed by atoms with E-state index >= 15 is 0 Å². The Labute approximate surface area is 116 Å². The van der Waals surface area contributed by atoms with Crippen molar-refractivity contribution in [3.8, 4) is 5.75 Å². The van der Waals surface area contributed by atoms with Crippen LogP contribution in [0.2, 0.25) is 0 Å². The van der Waals surface area contributed by atoms with Crippen LogP contribution >= 0.6 is 0 Å². The van der Waals surface area contributed by atoms with Crippen molar-refractivity contribution in [2.24, 2.45) is 7.05 Å². The first-order chi connectivity index (χ1) is 9.63. The number of halogens is 1. The Morgan fingerprint density at radius 1 is 1.50 bits per heavy atom. The van der Waals surface area contributed by atoms with Crippen LogP contribution in [0.4, 0.5) is 10.1 Å². The van der Waals surface area contributed by atoms with E-state index < -0.39 is 0 Å². The van der Waals surface area contributed by atoms with E-state index in [1.54, 1.807) is 36.3 Å². The van der Waals surface area contributed by atoms with Gasteiger partial charge >= 0.3 is 0 Å². The molecule has 1 aromatic heterocycles. The summed E-state index contributed by atoms with van der Waals surface area (Å²) >= 11 is 0. The van der Waals surface area contributed by atoms with Crippen LogP contribution in [0.3, 0.4) is 0 Å². The fraction of sp³-hybridized carbons (Fsp3) is 0.286. The number of amides is 1. The standard InChI is InChI=1S/C14H16FN3O2/c1-18-10-12(9-16-18)17-14(19)6-3-7-20-13-5-2-4-11(15)8-13/h2,4-5,8-10H,3,6-7H2,1H3,(H,17,19). The molecule has 106 valence electrons. The van der Waals surface area contributed by atoms with Gasteiger partial charge in [-0.25, -0.2) is 4.39 Å². The number of aromatic nitrogens is 2. The van der Waals surface area contributed by atoms with Crippen LogP contribution in [0, 0.1) is 5.82 Å². The SMILES string of the molecule is Cn1cc(NC(=O)CCCOc2cccc(F)c2)cn1. The number of carbonyl (C=O) groups is 1. The van der Waals surface area contributed by atoms with E-state index in [9.17, 15) is 9.18 Å². The zero-order chi connectivity index (χ0) is 14.4. The number of nitrogens with zero attached hydrogens (tertiary/aromatic N) is 2. The fourth-order valence-corrected chi connectivity index (χ4v) is 1.69. The summed E-state index contributed by atoms with van der Waals surface area (Å²) in [5, 5.41) is 6.69. The monoisotopic (exact) mass is 277 g/mol. The molecule has 0 atom stereocenters. The van der Waals surface area contributed by atoms with Crippen molar-refractivity contribution in [2.45, 2.75) is 12.8 Å². The molecule has 5 nitrogen and oxygen atoms in total. The highest BCUT2D eigenvalue weighted by molar-refractivity contribution is 5.90.